The van der Waals surface area contributed by atoms with Gasteiger partial charge >= 0.3 is 0 Å². The lowest BCUT2D eigenvalue weighted by Gasteiger charge is -2.04. The van der Waals surface area contributed by atoms with Crippen LogP contribution in [0.4, 0.5) is 0 Å². The zero-order chi connectivity index (χ0) is 13.5. The van der Waals surface area contributed by atoms with E-state index in [1.54, 1.807) is 6.20 Å². The van der Waals surface area contributed by atoms with Crippen molar-refractivity contribution in [1.82, 2.24) is 25.1 Å². The third-order valence-corrected chi connectivity index (χ3v) is 3.29. The summed E-state index contributed by atoms with van der Waals surface area (Å²) in [5.74, 6) is 0. The zero-order valence-corrected chi connectivity index (χ0v) is 11.0. The number of halogens is 1. The van der Waals surface area contributed by atoms with Crippen molar-refractivity contribution in [2.45, 2.75) is 0 Å². The van der Waals surface area contributed by atoms with Gasteiger partial charge in [0.1, 0.15) is 5.69 Å². The second-order valence-electron chi connectivity index (χ2n) is 4.36. The Morgan fingerprint density at radius 3 is 2.80 bits per heavy atom. The molecular weight excluding hydrogens is 274 g/mol. The Kier molecular flexibility index (Phi) is 2.40. The molecule has 3 aromatic heterocycles. The molecule has 0 atom stereocenters. The summed E-state index contributed by atoms with van der Waals surface area (Å²) >= 11 is 5.95. The first-order chi connectivity index (χ1) is 9.81. The van der Waals surface area contributed by atoms with Crippen LogP contribution in [0.5, 0.6) is 0 Å². The number of para-hydroxylation sites is 1. The maximum Gasteiger partial charge on any atom is 0.225 e. The minimum atomic E-state index is 0.173. The van der Waals surface area contributed by atoms with Crippen LogP contribution in [0.3, 0.4) is 0 Å². The molecule has 96 valence electrons. The SMILES string of the molecule is Clc1nc(-c2ccc3ccccc3n2)c2cn[nH]c2n1. The number of aromatic nitrogens is 5. The first-order valence-electron chi connectivity index (χ1n) is 6.04. The van der Waals surface area contributed by atoms with Crippen molar-refractivity contribution < 1.29 is 0 Å². The van der Waals surface area contributed by atoms with E-state index in [0.29, 0.717) is 11.3 Å². The molecule has 4 aromatic rings. The number of aromatic amines is 1. The zero-order valence-electron chi connectivity index (χ0n) is 10.2. The number of pyridine rings is 1. The van der Waals surface area contributed by atoms with Crippen LogP contribution in [0.25, 0.3) is 33.3 Å². The summed E-state index contributed by atoms with van der Waals surface area (Å²) in [6.45, 7) is 0. The number of hydrogen-bond acceptors (Lipinski definition) is 4. The molecular formula is C14H8ClN5. The third-order valence-electron chi connectivity index (χ3n) is 3.12. The van der Waals surface area contributed by atoms with Gasteiger partial charge in [0, 0.05) is 5.39 Å². The monoisotopic (exact) mass is 281 g/mol. The van der Waals surface area contributed by atoms with Gasteiger partial charge in [-0.25, -0.2) is 9.97 Å². The Morgan fingerprint density at radius 2 is 1.85 bits per heavy atom. The van der Waals surface area contributed by atoms with Gasteiger partial charge in [0.2, 0.25) is 5.28 Å². The van der Waals surface area contributed by atoms with Crippen molar-refractivity contribution in [3.05, 3.63) is 47.9 Å². The van der Waals surface area contributed by atoms with E-state index in [2.05, 4.69) is 25.1 Å². The molecule has 0 spiro atoms. The molecule has 0 unspecified atom stereocenters. The third kappa shape index (κ3) is 1.71. The van der Waals surface area contributed by atoms with E-state index >= 15 is 0 Å². The summed E-state index contributed by atoms with van der Waals surface area (Å²) in [7, 11) is 0. The van der Waals surface area contributed by atoms with Crippen molar-refractivity contribution in [1.29, 1.82) is 0 Å². The molecule has 0 bridgehead atoms. The lowest BCUT2D eigenvalue weighted by Crippen LogP contribution is -1.92. The molecule has 20 heavy (non-hydrogen) atoms. The smallest absolute Gasteiger partial charge is 0.225 e. The second kappa shape index (κ2) is 4.25. The van der Waals surface area contributed by atoms with Crippen molar-refractivity contribution in [2.75, 3.05) is 0 Å². The van der Waals surface area contributed by atoms with E-state index in [-0.39, 0.29) is 5.28 Å². The molecule has 5 nitrogen and oxygen atoms in total. The summed E-state index contributed by atoms with van der Waals surface area (Å²) in [5, 5.41) is 8.83. The van der Waals surface area contributed by atoms with Gasteiger partial charge in [-0.05, 0) is 23.7 Å². The predicted octanol–water partition coefficient (Wildman–Crippen LogP) is 3.22. The average Bonchev–Trinajstić information content (AvgIpc) is 2.94. The van der Waals surface area contributed by atoms with E-state index in [0.717, 1.165) is 22.0 Å². The lowest BCUT2D eigenvalue weighted by atomic mass is 10.1. The second-order valence-corrected chi connectivity index (χ2v) is 4.70. The highest BCUT2D eigenvalue weighted by Crippen LogP contribution is 2.26. The quantitative estimate of drug-likeness (QED) is 0.544. The van der Waals surface area contributed by atoms with Crippen LogP contribution in [-0.4, -0.2) is 25.1 Å². The number of benzene rings is 1. The van der Waals surface area contributed by atoms with Gasteiger partial charge in [0.05, 0.1) is 22.8 Å². The van der Waals surface area contributed by atoms with Crippen LogP contribution >= 0.6 is 11.6 Å². The summed E-state index contributed by atoms with van der Waals surface area (Å²) in [6, 6.07) is 11.9. The maximum absolute atomic E-state index is 5.95. The molecule has 0 aliphatic rings. The van der Waals surface area contributed by atoms with Gasteiger partial charge in [0.15, 0.2) is 5.65 Å². The average molecular weight is 282 g/mol. The Hall–Kier alpha value is -2.53. The fourth-order valence-electron chi connectivity index (χ4n) is 2.20. The number of nitrogens with one attached hydrogen (secondary N) is 1. The van der Waals surface area contributed by atoms with Gasteiger partial charge in [-0.15, -0.1) is 0 Å². The number of fused-ring (bicyclic) bond motifs is 2. The molecule has 1 N–H and O–H groups in total. The standard InChI is InChI=1S/C14H8ClN5/c15-14-18-12(9-7-16-20-13(9)19-14)11-6-5-8-3-1-2-4-10(8)17-11/h1-7H,(H,16,18,19,20). The molecule has 3 heterocycles. The molecule has 0 saturated carbocycles. The molecule has 0 aliphatic heterocycles. The Labute approximate surface area is 118 Å². The molecule has 0 saturated heterocycles. The van der Waals surface area contributed by atoms with Crippen molar-refractivity contribution in [2.24, 2.45) is 0 Å². The van der Waals surface area contributed by atoms with Crippen molar-refractivity contribution in [3.63, 3.8) is 0 Å². The highest BCUT2D eigenvalue weighted by Gasteiger charge is 2.12. The van der Waals surface area contributed by atoms with E-state index in [1.807, 2.05) is 36.4 Å². The number of nitrogens with zero attached hydrogens (tertiary/aromatic N) is 4. The Balaban J connectivity index is 2.02. The lowest BCUT2D eigenvalue weighted by molar-refractivity contribution is 1.09. The first-order valence-corrected chi connectivity index (χ1v) is 6.42. The first kappa shape index (κ1) is 11.3. The van der Waals surface area contributed by atoms with E-state index in [9.17, 15) is 0 Å². The molecule has 0 aliphatic carbocycles. The van der Waals surface area contributed by atoms with Crippen LogP contribution in [0.2, 0.25) is 5.28 Å². The number of rotatable bonds is 1. The molecule has 0 amide bonds. The summed E-state index contributed by atoms with van der Waals surface area (Å²) in [4.78, 5) is 13.0. The van der Waals surface area contributed by atoms with E-state index in [1.165, 1.54) is 0 Å². The summed E-state index contributed by atoms with van der Waals surface area (Å²) in [5.41, 5.74) is 2.95. The fraction of sp³-hybridized carbons (Fsp3) is 0. The molecule has 1 aromatic carbocycles. The van der Waals surface area contributed by atoms with Gasteiger partial charge < -0.3 is 0 Å². The van der Waals surface area contributed by atoms with Crippen LogP contribution in [0.15, 0.2) is 42.6 Å². The van der Waals surface area contributed by atoms with Crippen molar-refractivity contribution >= 4 is 33.5 Å². The van der Waals surface area contributed by atoms with Crippen LogP contribution in [0, 0.1) is 0 Å². The molecule has 6 heteroatoms. The Morgan fingerprint density at radius 1 is 0.950 bits per heavy atom. The van der Waals surface area contributed by atoms with Crippen LogP contribution < -0.4 is 0 Å². The van der Waals surface area contributed by atoms with E-state index in [4.69, 9.17) is 11.6 Å². The molecule has 0 fully saturated rings. The maximum atomic E-state index is 5.95. The van der Waals surface area contributed by atoms with Crippen LogP contribution in [0.1, 0.15) is 0 Å². The van der Waals surface area contributed by atoms with E-state index < -0.39 is 0 Å². The minimum absolute atomic E-state index is 0.173. The largest absolute Gasteiger partial charge is 0.261 e. The highest BCUT2D eigenvalue weighted by molar-refractivity contribution is 6.28. The normalized spacial score (nSPS) is 11.2. The number of H-pyrrole nitrogens is 1. The summed E-state index contributed by atoms with van der Waals surface area (Å²) < 4.78 is 0. The summed E-state index contributed by atoms with van der Waals surface area (Å²) in [6.07, 6.45) is 1.68. The van der Waals surface area contributed by atoms with Gasteiger partial charge in [-0.2, -0.15) is 10.1 Å². The molecule has 4 rings (SSSR count). The predicted molar refractivity (Wildman–Crippen MR) is 77.4 cm³/mol. The van der Waals surface area contributed by atoms with Gasteiger partial charge in [-0.1, -0.05) is 24.3 Å². The van der Waals surface area contributed by atoms with Gasteiger partial charge in [-0.3, -0.25) is 5.10 Å². The fourth-order valence-corrected chi connectivity index (χ4v) is 2.37. The van der Waals surface area contributed by atoms with Crippen LogP contribution in [-0.2, 0) is 0 Å². The minimum Gasteiger partial charge on any atom is -0.261 e. The Bertz CT molecular complexity index is 931. The van der Waals surface area contributed by atoms with Gasteiger partial charge in [0.25, 0.3) is 0 Å². The van der Waals surface area contributed by atoms with Crippen molar-refractivity contribution in [3.8, 4) is 11.4 Å². The molecule has 0 radical (unpaired) electrons. The topological polar surface area (TPSA) is 67.3 Å². The highest BCUT2D eigenvalue weighted by atomic mass is 35.5. The number of hydrogen-bond donors (Lipinski definition) is 1.